The summed E-state index contributed by atoms with van der Waals surface area (Å²) in [6.07, 6.45) is 5.14. The third-order valence-electron chi connectivity index (χ3n) is 1.19. The van der Waals surface area contributed by atoms with E-state index in [4.69, 9.17) is 17.2 Å². The van der Waals surface area contributed by atoms with Gasteiger partial charge in [-0.05, 0) is 19.3 Å². The molecule has 0 aliphatic rings. The Morgan fingerprint density at radius 1 is 1.36 bits per heavy atom. The van der Waals surface area contributed by atoms with Crippen LogP contribution in [-0.4, -0.2) is 25.0 Å². The number of nitrogens with two attached hydrogens (primary N) is 3. The van der Waals surface area contributed by atoms with Crippen molar-refractivity contribution in [1.82, 2.24) is 4.90 Å². The van der Waals surface area contributed by atoms with E-state index in [0.29, 0.717) is 5.82 Å². The Bertz CT molecular complexity index is 147. The summed E-state index contributed by atoms with van der Waals surface area (Å²) in [5, 5.41) is 0. The molecule has 0 bridgehead atoms. The third kappa shape index (κ3) is 6.73. The van der Waals surface area contributed by atoms with Crippen LogP contribution in [0.1, 0.15) is 0 Å². The second-order valence-electron chi connectivity index (χ2n) is 2.35. The molecule has 0 saturated heterocycles. The molecule has 0 aromatic heterocycles. The third-order valence-corrected chi connectivity index (χ3v) is 1.19. The summed E-state index contributed by atoms with van der Waals surface area (Å²) in [4.78, 5) is 2.03. The van der Waals surface area contributed by atoms with Crippen molar-refractivity contribution in [3.05, 3.63) is 24.2 Å². The van der Waals surface area contributed by atoms with Gasteiger partial charge in [-0.25, -0.2) is 0 Å². The van der Waals surface area contributed by atoms with Crippen LogP contribution in [0.3, 0.4) is 0 Å². The van der Waals surface area contributed by atoms with Gasteiger partial charge in [0, 0.05) is 13.1 Å². The van der Waals surface area contributed by atoms with Crippen molar-refractivity contribution in [3.63, 3.8) is 0 Å². The predicted octanol–water partition coefficient (Wildman–Crippen LogP) is -0.851. The van der Waals surface area contributed by atoms with E-state index in [-0.39, 0.29) is 0 Å². The van der Waals surface area contributed by atoms with E-state index in [0.717, 1.165) is 13.1 Å². The molecule has 11 heavy (non-hydrogen) atoms. The molecule has 0 radical (unpaired) electrons. The summed E-state index contributed by atoms with van der Waals surface area (Å²) < 4.78 is 0. The summed E-state index contributed by atoms with van der Waals surface area (Å²) in [6, 6.07) is 0. The van der Waals surface area contributed by atoms with Crippen LogP contribution in [0.25, 0.3) is 0 Å². The molecular formula is C7H16N4. The van der Waals surface area contributed by atoms with Crippen LogP contribution >= 0.6 is 0 Å². The molecule has 0 aromatic carbocycles. The summed E-state index contributed by atoms with van der Waals surface area (Å²) in [5.74, 6) is 0.355. The van der Waals surface area contributed by atoms with Crippen LogP contribution in [0.2, 0.25) is 0 Å². The van der Waals surface area contributed by atoms with Gasteiger partial charge < -0.3 is 17.2 Å². The van der Waals surface area contributed by atoms with E-state index in [1.807, 2.05) is 18.0 Å². The van der Waals surface area contributed by atoms with Gasteiger partial charge in [0.1, 0.15) is 0 Å². The van der Waals surface area contributed by atoms with Crippen LogP contribution in [0.5, 0.6) is 0 Å². The van der Waals surface area contributed by atoms with E-state index < -0.39 is 0 Å². The maximum atomic E-state index is 5.24. The smallest absolute Gasteiger partial charge is 0.0905 e. The molecule has 0 saturated carbocycles. The van der Waals surface area contributed by atoms with E-state index in [2.05, 4.69) is 0 Å². The normalized spacial score (nSPS) is 10.7. The second kappa shape index (κ2) is 5.61. The highest BCUT2D eigenvalue weighted by Crippen LogP contribution is 1.83. The number of rotatable bonds is 4. The minimum Gasteiger partial charge on any atom is -0.405 e. The number of nitrogens with zero attached hydrogens (tertiary/aromatic N) is 1. The molecule has 0 heterocycles. The maximum Gasteiger partial charge on any atom is 0.0905 e. The molecule has 6 N–H and O–H groups in total. The standard InChI is InChI=1S/C7H16N4/c1-11(5-2-4-8)6-3-7(9)10/h2-4H,5-6,8-10H2,1H3/b4-2+. The molecule has 0 amide bonds. The van der Waals surface area contributed by atoms with E-state index in [1.165, 1.54) is 6.20 Å². The monoisotopic (exact) mass is 156 g/mol. The van der Waals surface area contributed by atoms with Gasteiger partial charge in [-0.15, -0.1) is 0 Å². The van der Waals surface area contributed by atoms with Crippen molar-refractivity contribution >= 4 is 0 Å². The number of hydrogen-bond donors (Lipinski definition) is 3. The van der Waals surface area contributed by atoms with Crippen molar-refractivity contribution < 1.29 is 0 Å². The van der Waals surface area contributed by atoms with E-state index in [1.54, 1.807) is 6.08 Å². The summed E-state index contributed by atoms with van der Waals surface area (Å²) in [7, 11) is 1.96. The Kier molecular flexibility index (Phi) is 5.02. The van der Waals surface area contributed by atoms with Crippen molar-refractivity contribution in [2.75, 3.05) is 20.1 Å². The van der Waals surface area contributed by atoms with Crippen LogP contribution < -0.4 is 17.2 Å². The minimum absolute atomic E-state index is 0.355. The Balaban J connectivity index is 3.52. The number of hydrogen-bond acceptors (Lipinski definition) is 4. The van der Waals surface area contributed by atoms with Gasteiger partial charge in [0.2, 0.25) is 0 Å². The van der Waals surface area contributed by atoms with Crippen LogP contribution in [0.4, 0.5) is 0 Å². The highest BCUT2D eigenvalue weighted by molar-refractivity contribution is 4.92. The zero-order valence-corrected chi connectivity index (χ0v) is 6.83. The molecule has 0 unspecified atom stereocenters. The lowest BCUT2D eigenvalue weighted by Gasteiger charge is -2.10. The quantitative estimate of drug-likeness (QED) is 0.495. The summed E-state index contributed by atoms with van der Waals surface area (Å²) in [5.41, 5.74) is 15.6. The molecule has 4 nitrogen and oxygen atoms in total. The lowest BCUT2D eigenvalue weighted by molar-refractivity contribution is 0.411. The fraction of sp³-hybridized carbons (Fsp3) is 0.429. The van der Waals surface area contributed by atoms with Crippen molar-refractivity contribution in [3.8, 4) is 0 Å². The molecule has 0 aliphatic heterocycles. The van der Waals surface area contributed by atoms with Gasteiger partial charge in [0.25, 0.3) is 0 Å². The fourth-order valence-corrected chi connectivity index (χ4v) is 0.577. The lowest BCUT2D eigenvalue weighted by Crippen LogP contribution is -2.20. The molecule has 4 heteroatoms. The first-order chi connectivity index (χ1) is 5.16. The molecule has 0 aromatic rings. The van der Waals surface area contributed by atoms with Gasteiger partial charge >= 0.3 is 0 Å². The molecular weight excluding hydrogens is 140 g/mol. The molecule has 0 spiro atoms. The van der Waals surface area contributed by atoms with E-state index >= 15 is 0 Å². The van der Waals surface area contributed by atoms with Gasteiger partial charge in [-0.1, -0.05) is 6.08 Å². The van der Waals surface area contributed by atoms with Crippen LogP contribution in [0, 0.1) is 0 Å². The van der Waals surface area contributed by atoms with E-state index in [9.17, 15) is 0 Å². The Hall–Kier alpha value is -1.16. The molecule has 0 aliphatic carbocycles. The minimum atomic E-state index is 0.355. The first-order valence-electron chi connectivity index (χ1n) is 3.43. The molecule has 0 atom stereocenters. The Morgan fingerprint density at radius 2 is 2.00 bits per heavy atom. The number of likely N-dealkylation sites (N-methyl/N-ethyl adjacent to an activating group) is 1. The summed E-state index contributed by atoms with van der Waals surface area (Å²) >= 11 is 0. The highest BCUT2D eigenvalue weighted by atomic mass is 15.1. The fourth-order valence-electron chi connectivity index (χ4n) is 0.577. The van der Waals surface area contributed by atoms with Gasteiger partial charge in [0.15, 0.2) is 0 Å². The van der Waals surface area contributed by atoms with Gasteiger partial charge in [-0.2, -0.15) is 0 Å². The first kappa shape index (κ1) is 9.84. The van der Waals surface area contributed by atoms with Crippen molar-refractivity contribution in [1.29, 1.82) is 0 Å². The average Bonchev–Trinajstić information content (AvgIpc) is 1.97. The van der Waals surface area contributed by atoms with Gasteiger partial charge in [0.05, 0.1) is 5.82 Å². The average molecular weight is 156 g/mol. The SMILES string of the molecule is CN(CC=C(N)N)C/C=C/N. The Morgan fingerprint density at radius 3 is 2.45 bits per heavy atom. The van der Waals surface area contributed by atoms with Crippen molar-refractivity contribution in [2.45, 2.75) is 0 Å². The molecule has 0 fully saturated rings. The van der Waals surface area contributed by atoms with Gasteiger partial charge in [-0.3, -0.25) is 4.90 Å². The summed E-state index contributed by atoms with van der Waals surface area (Å²) in [6.45, 7) is 1.55. The topological polar surface area (TPSA) is 81.3 Å². The highest BCUT2D eigenvalue weighted by Gasteiger charge is 1.90. The van der Waals surface area contributed by atoms with Crippen molar-refractivity contribution in [2.24, 2.45) is 17.2 Å². The largest absolute Gasteiger partial charge is 0.405 e. The molecule has 0 rings (SSSR count). The van der Waals surface area contributed by atoms with Crippen LogP contribution in [0.15, 0.2) is 24.2 Å². The van der Waals surface area contributed by atoms with Crippen LogP contribution in [-0.2, 0) is 0 Å². The zero-order valence-electron chi connectivity index (χ0n) is 6.83. The maximum absolute atomic E-state index is 5.24. The second-order valence-corrected chi connectivity index (χ2v) is 2.35. The lowest BCUT2D eigenvalue weighted by atomic mass is 10.4. The predicted molar refractivity (Wildman–Crippen MR) is 47.3 cm³/mol. The Labute approximate surface area is 67.3 Å². The zero-order chi connectivity index (χ0) is 8.69. The molecule has 64 valence electrons. The first-order valence-corrected chi connectivity index (χ1v) is 3.43.